The number of nitrogens with two attached hydrogens (primary N) is 1. The molecule has 12 nitrogen and oxygen atoms in total. The third-order valence-electron chi connectivity index (χ3n) is 4.49. The number of aryl methyl sites for hydroxylation is 1. The maximum atomic E-state index is 11.7. The normalized spacial score (nSPS) is 18.1. The lowest BCUT2D eigenvalue weighted by Gasteiger charge is -2.14. The van der Waals surface area contributed by atoms with Gasteiger partial charge in [-0.25, -0.2) is 19.1 Å². The summed E-state index contributed by atoms with van der Waals surface area (Å²) in [7, 11) is 1.00. The highest BCUT2D eigenvalue weighted by Crippen LogP contribution is 2.33. The average molecular weight is 422 g/mol. The number of aliphatic hydroxyl groups is 1. The van der Waals surface area contributed by atoms with Gasteiger partial charge in [0.2, 0.25) is 0 Å². The number of aliphatic hydroxyl groups excluding tert-OH is 1. The Labute approximate surface area is 170 Å². The van der Waals surface area contributed by atoms with Gasteiger partial charge in [0.05, 0.1) is 11.8 Å². The standard InChI is InChI=1S/C17H18N4O7.CH4O/c1-9-14(28-17(23)26-9)7-25-16(22)24-6-10-2-5-13(27-10)11-3-4-12-15(18)19-8-20-21(11)12;1-2/h3-4,8,10,13H,2,5-7H2,1H3,(H2,18,19,20);2H,1H3. The van der Waals surface area contributed by atoms with E-state index in [2.05, 4.69) is 14.5 Å². The largest absolute Gasteiger partial charge is 0.519 e. The summed E-state index contributed by atoms with van der Waals surface area (Å²) < 4.78 is 27.1. The Balaban J connectivity index is 0.00000124. The van der Waals surface area contributed by atoms with Crippen molar-refractivity contribution in [3.8, 4) is 0 Å². The maximum Gasteiger partial charge on any atom is 0.519 e. The lowest BCUT2D eigenvalue weighted by molar-refractivity contribution is -0.0202. The van der Waals surface area contributed by atoms with Gasteiger partial charge in [0, 0.05) is 7.11 Å². The molecule has 3 aromatic heterocycles. The lowest BCUT2D eigenvalue weighted by atomic mass is 10.1. The smallest absolute Gasteiger partial charge is 0.432 e. The summed E-state index contributed by atoms with van der Waals surface area (Å²) in [5, 5.41) is 11.2. The van der Waals surface area contributed by atoms with Gasteiger partial charge in [0.15, 0.2) is 23.9 Å². The molecular weight excluding hydrogens is 400 g/mol. The van der Waals surface area contributed by atoms with E-state index in [0.29, 0.717) is 17.8 Å². The lowest BCUT2D eigenvalue weighted by Crippen LogP contribution is -2.19. The molecule has 0 aromatic carbocycles. The van der Waals surface area contributed by atoms with Crippen molar-refractivity contribution in [2.45, 2.75) is 38.6 Å². The second-order valence-corrected chi connectivity index (χ2v) is 6.31. The zero-order valence-corrected chi connectivity index (χ0v) is 16.4. The van der Waals surface area contributed by atoms with Crippen LogP contribution in [0.2, 0.25) is 0 Å². The number of ether oxygens (including phenoxy) is 3. The van der Waals surface area contributed by atoms with E-state index in [0.717, 1.165) is 19.2 Å². The Morgan fingerprint density at radius 3 is 2.83 bits per heavy atom. The maximum absolute atomic E-state index is 11.7. The van der Waals surface area contributed by atoms with Crippen LogP contribution < -0.4 is 11.6 Å². The molecule has 0 saturated carbocycles. The molecule has 1 fully saturated rings. The number of nitrogen functional groups attached to an aromatic ring is 1. The highest BCUT2D eigenvalue weighted by molar-refractivity contribution is 5.65. The van der Waals surface area contributed by atoms with Crippen molar-refractivity contribution in [3.05, 3.63) is 46.3 Å². The van der Waals surface area contributed by atoms with Crippen LogP contribution in [0.4, 0.5) is 10.6 Å². The first kappa shape index (κ1) is 21.3. The molecule has 0 aliphatic carbocycles. The first-order valence-electron chi connectivity index (χ1n) is 9.08. The van der Waals surface area contributed by atoms with E-state index in [4.69, 9.17) is 29.5 Å². The predicted molar refractivity (Wildman–Crippen MR) is 101 cm³/mol. The van der Waals surface area contributed by atoms with Gasteiger partial charge in [-0.1, -0.05) is 0 Å². The number of rotatable bonds is 5. The molecular formula is C18H22N4O8. The Bertz CT molecular complexity index is 1060. The molecule has 30 heavy (non-hydrogen) atoms. The van der Waals surface area contributed by atoms with E-state index in [-0.39, 0.29) is 36.9 Å². The molecule has 0 bridgehead atoms. The summed E-state index contributed by atoms with van der Waals surface area (Å²) in [6, 6.07) is 3.73. The zero-order valence-electron chi connectivity index (χ0n) is 16.4. The molecule has 2 unspecified atom stereocenters. The Morgan fingerprint density at radius 1 is 1.30 bits per heavy atom. The number of anilines is 1. The Morgan fingerprint density at radius 2 is 2.10 bits per heavy atom. The van der Waals surface area contributed by atoms with Crippen LogP contribution in [-0.2, 0) is 20.8 Å². The first-order chi connectivity index (χ1) is 14.5. The minimum atomic E-state index is -0.885. The van der Waals surface area contributed by atoms with Crippen molar-refractivity contribution in [3.63, 3.8) is 0 Å². The molecule has 2 atom stereocenters. The van der Waals surface area contributed by atoms with Crippen molar-refractivity contribution < 1.29 is 32.9 Å². The van der Waals surface area contributed by atoms with E-state index < -0.39 is 12.0 Å². The van der Waals surface area contributed by atoms with Crippen molar-refractivity contribution in [1.82, 2.24) is 14.6 Å². The van der Waals surface area contributed by atoms with Crippen LogP contribution in [0.3, 0.4) is 0 Å². The molecule has 162 valence electrons. The van der Waals surface area contributed by atoms with E-state index in [9.17, 15) is 9.59 Å². The van der Waals surface area contributed by atoms with E-state index in [1.807, 2.05) is 12.1 Å². The van der Waals surface area contributed by atoms with Gasteiger partial charge < -0.3 is 33.9 Å². The fourth-order valence-corrected chi connectivity index (χ4v) is 3.10. The van der Waals surface area contributed by atoms with Gasteiger partial charge in [0.1, 0.15) is 24.6 Å². The monoisotopic (exact) mass is 422 g/mol. The fraction of sp³-hybridized carbons (Fsp3) is 0.444. The number of hydrogen-bond acceptors (Lipinski definition) is 11. The second-order valence-electron chi connectivity index (χ2n) is 6.31. The third kappa shape index (κ3) is 4.60. The number of nitrogens with zero attached hydrogens (tertiary/aromatic N) is 3. The van der Waals surface area contributed by atoms with Gasteiger partial charge >= 0.3 is 12.0 Å². The molecule has 0 spiro atoms. The number of aromatic nitrogens is 3. The van der Waals surface area contributed by atoms with Crippen LogP contribution in [0.5, 0.6) is 0 Å². The first-order valence-corrected chi connectivity index (χ1v) is 9.08. The van der Waals surface area contributed by atoms with Crippen LogP contribution in [0.1, 0.15) is 36.2 Å². The zero-order chi connectivity index (χ0) is 21.7. The van der Waals surface area contributed by atoms with Gasteiger partial charge in [-0.2, -0.15) is 5.10 Å². The molecule has 0 radical (unpaired) electrons. The molecule has 3 aromatic rings. The predicted octanol–water partition coefficient (Wildman–Crippen LogP) is 1.35. The molecule has 1 aliphatic heterocycles. The Kier molecular flexibility index (Phi) is 6.69. The number of hydrogen-bond donors (Lipinski definition) is 2. The summed E-state index contributed by atoms with van der Waals surface area (Å²) in [6.07, 6.45) is 1.50. The van der Waals surface area contributed by atoms with Crippen LogP contribution in [0.15, 0.2) is 32.1 Å². The van der Waals surface area contributed by atoms with Crippen LogP contribution in [0, 0.1) is 6.92 Å². The van der Waals surface area contributed by atoms with Crippen LogP contribution in [-0.4, -0.2) is 45.7 Å². The summed E-state index contributed by atoms with van der Waals surface area (Å²) >= 11 is 0. The molecule has 0 amide bonds. The number of fused-ring (bicyclic) bond motifs is 1. The van der Waals surface area contributed by atoms with Crippen molar-refractivity contribution >= 4 is 17.5 Å². The third-order valence-corrected chi connectivity index (χ3v) is 4.49. The molecule has 12 heteroatoms. The van der Waals surface area contributed by atoms with Gasteiger partial charge in [-0.05, 0) is 31.9 Å². The minimum absolute atomic E-state index is 0.0457. The van der Waals surface area contributed by atoms with Crippen LogP contribution in [0.25, 0.3) is 5.52 Å². The van der Waals surface area contributed by atoms with E-state index in [1.165, 1.54) is 13.3 Å². The minimum Gasteiger partial charge on any atom is -0.432 e. The molecule has 3 N–H and O–H groups in total. The van der Waals surface area contributed by atoms with Gasteiger partial charge in [-0.3, -0.25) is 0 Å². The summed E-state index contributed by atoms with van der Waals surface area (Å²) in [4.78, 5) is 26.6. The van der Waals surface area contributed by atoms with E-state index in [1.54, 1.807) is 4.52 Å². The Hall–Kier alpha value is -3.38. The number of carbonyl (C=O) groups excluding carboxylic acids is 1. The molecule has 4 rings (SSSR count). The van der Waals surface area contributed by atoms with Crippen molar-refractivity contribution in [1.29, 1.82) is 0 Å². The summed E-state index contributed by atoms with van der Waals surface area (Å²) in [5.41, 5.74) is 7.42. The highest BCUT2D eigenvalue weighted by atomic mass is 16.7. The van der Waals surface area contributed by atoms with E-state index >= 15 is 0 Å². The molecule has 4 heterocycles. The van der Waals surface area contributed by atoms with Gasteiger partial charge in [0.25, 0.3) is 0 Å². The van der Waals surface area contributed by atoms with Crippen molar-refractivity contribution in [2.24, 2.45) is 0 Å². The second kappa shape index (κ2) is 9.41. The number of carbonyl (C=O) groups is 1. The molecule has 1 saturated heterocycles. The van der Waals surface area contributed by atoms with Crippen LogP contribution >= 0.6 is 0 Å². The topological polar surface area (TPSA) is 165 Å². The summed E-state index contributed by atoms with van der Waals surface area (Å²) in [5.74, 6) is -0.0606. The quantitative estimate of drug-likeness (QED) is 0.570. The summed E-state index contributed by atoms with van der Waals surface area (Å²) in [6.45, 7) is 1.33. The average Bonchev–Trinajstić information content (AvgIpc) is 3.45. The highest BCUT2D eigenvalue weighted by Gasteiger charge is 2.30. The SMILES string of the molecule is CO.Cc1oc(=O)oc1COC(=O)OCC1CCC(c2ccc3c(N)ncnn23)O1. The fourth-order valence-electron chi connectivity index (χ4n) is 3.10. The van der Waals surface area contributed by atoms with Crippen molar-refractivity contribution in [2.75, 3.05) is 19.5 Å². The molecule has 1 aliphatic rings. The van der Waals surface area contributed by atoms with Gasteiger partial charge in [-0.15, -0.1) is 0 Å².